The average molecular weight is 202 g/mol. The first-order valence-corrected chi connectivity index (χ1v) is 5.63. The molecule has 1 unspecified atom stereocenters. The fraction of sp³-hybridized carbons (Fsp3) is 1.00. The minimum absolute atomic E-state index is 0.100. The van der Waals surface area contributed by atoms with E-state index in [0.717, 1.165) is 32.7 Å². The molecule has 5 N–H and O–H groups in total. The third-order valence-electron chi connectivity index (χ3n) is 2.43. The molecule has 0 amide bonds. The number of rotatable bonds is 9. The van der Waals surface area contributed by atoms with Crippen molar-refractivity contribution in [3.05, 3.63) is 0 Å². The van der Waals surface area contributed by atoms with Crippen molar-refractivity contribution in [2.24, 2.45) is 11.5 Å². The number of nitrogens with zero attached hydrogens (tertiary/aromatic N) is 1. The summed E-state index contributed by atoms with van der Waals surface area (Å²) in [5.74, 6) is 0. The van der Waals surface area contributed by atoms with Crippen molar-refractivity contribution < 1.29 is 0 Å². The van der Waals surface area contributed by atoms with E-state index in [-0.39, 0.29) is 6.04 Å². The topological polar surface area (TPSA) is 67.3 Å². The number of nitrogens with two attached hydrogens (primary N) is 2. The molecule has 4 heteroatoms. The first kappa shape index (κ1) is 13.8. The second-order valence-electron chi connectivity index (χ2n) is 3.58. The minimum atomic E-state index is 0.100. The Kier molecular flexibility index (Phi) is 9.29. The Morgan fingerprint density at radius 3 is 2.43 bits per heavy atom. The molecule has 86 valence electrons. The molecular formula is C10H26N4. The molecule has 0 rings (SSSR count). The van der Waals surface area contributed by atoms with Gasteiger partial charge in [-0.1, -0.05) is 13.8 Å². The van der Waals surface area contributed by atoms with Crippen LogP contribution in [0.15, 0.2) is 0 Å². The Hall–Kier alpha value is -0.160. The average Bonchev–Trinajstić information content (AvgIpc) is 2.23. The Morgan fingerprint density at radius 2 is 1.93 bits per heavy atom. The van der Waals surface area contributed by atoms with E-state index < -0.39 is 0 Å². The molecule has 1 atom stereocenters. The summed E-state index contributed by atoms with van der Waals surface area (Å²) in [6.07, 6.45) is 1.18. The lowest BCUT2D eigenvalue weighted by molar-refractivity contribution is 0.297. The molecule has 0 spiro atoms. The normalized spacial score (nSPS) is 13.5. The summed E-state index contributed by atoms with van der Waals surface area (Å²) in [6.45, 7) is 10.3. The zero-order valence-corrected chi connectivity index (χ0v) is 9.63. The molecule has 0 aliphatic rings. The lowest BCUT2D eigenvalue weighted by atomic mass is 10.3. The van der Waals surface area contributed by atoms with Crippen LogP contribution in [0.2, 0.25) is 0 Å². The van der Waals surface area contributed by atoms with Crippen LogP contribution in [0.25, 0.3) is 0 Å². The van der Waals surface area contributed by atoms with Crippen LogP contribution in [0.4, 0.5) is 0 Å². The van der Waals surface area contributed by atoms with Gasteiger partial charge in [-0.3, -0.25) is 0 Å². The Labute approximate surface area is 88.0 Å². The molecular weight excluding hydrogens is 176 g/mol. The van der Waals surface area contributed by atoms with Gasteiger partial charge in [0.1, 0.15) is 0 Å². The van der Waals surface area contributed by atoms with E-state index in [1.807, 2.05) is 0 Å². The second kappa shape index (κ2) is 9.40. The van der Waals surface area contributed by atoms with Crippen LogP contribution in [-0.4, -0.2) is 50.2 Å². The van der Waals surface area contributed by atoms with Crippen molar-refractivity contribution >= 4 is 0 Å². The fourth-order valence-electron chi connectivity index (χ4n) is 1.34. The number of hydrogen-bond acceptors (Lipinski definition) is 4. The quantitative estimate of drug-likeness (QED) is 0.445. The van der Waals surface area contributed by atoms with Gasteiger partial charge in [-0.25, -0.2) is 0 Å². The molecule has 0 radical (unpaired) electrons. The van der Waals surface area contributed by atoms with Crippen molar-refractivity contribution in [1.29, 1.82) is 0 Å². The monoisotopic (exact) mass is 202 g/mol. The molecule has 0 aromatic heterocycles. The number of nitrogens with one attached hydrogen (secondary N) is 1. The van der Waals surface area contributed by atoms with Gasteiger partial charge in [-0.2, -0.15) is 0 Å². The van der Waals surface area contributed by atoms with Crippen LogP contribution in [-0.2, 0) is 0 Å². The molecule has 0 aromatic carbocycles. The molecule has 4 nitrogen and oxygen atoms in total. The molecule has 0 heterocycles. The van der Waals surface area contributed by atoms with Gasteiger partial charge >= 0.3 is 0 Å². The molecule has 0 aliphatic heterocycles. The maximum Gasteiger partial charge on any atom is 0.0290 e. The summed E-state index contributed by atoms with van der Waals surface area (Å²) in [4.78, 5) is 2.42. The summed E-state index contributed by atoms with van der Waals surface area (Å²) < 4.78 is 0. The van der Waals surface area contributed by atoms with Crippen molar-refractivity contribution in [2.75, 3.05) is 39.3 Å². The lowest BCUT2D eigenvalue weighted by Crippen LogP contribution is -2.40. The van der Waals surface area contributed by atoms with E-state index in [9.17, 15) is 0 Å². The second-order valence-corrected chi connectivity index (χ2v) is 3.58. The molecule has 0 saturated carbocycles. The van der Waals surface area contributed by atoms with Gasteiger partial charge in [-0.05, 0) is 32.6 Å². The van der Waals surface area contributed by atoms with Gasteiger partial charge < -0.3 is 21.7 Å². The maximum atomic E-state index is 5.67. The summed E-state index contributed by atoms with van der Waals surface area (Å²) in [7, 11) is 0. The lowest BCUT2D eigenvalue weighted by Gasteiger charge is -2.18. The van der Waals surface area contributed by atoms with Gasteiger partial charge in [0.2, 0.25) is 0 Å². The van der Waals surface area contributed by atoms with E-state index in [2.05, 4.69) is 24.1 Å². The van der Waals surface area contributed by atoms with E-state index in [4.69, 9.17) is 11.5 Å². The summed E-state index contributed by atoms with van der Waals surface area (Å²) in [5.41, 5.74) is 11.1. The highest BCUT2D eigenvalue weighted by Crippen LogP contribution is 1.89. The van der Waals surface area contributed by atoms with Gasteiger partial charge in [0.15, 0.2) is 0 Å². The van der Waals surface area contributed by atoms with Gasteiger partial charge in [0, 0.05) is 19.1 Å². The van der Waals surface area contributed by atoms with Crippen molar-refractivity contribution in [3.8, 4) is 0 Å². The van der Waals surface area contributed by atoms with Crippen LogP contribution in [0, 0.1) is 0 Å². The van der Waals surface area contributed by atoms with E-state index in [1.54, 1.807) is 0 Å². The molecule has 0 fully saturated rings. The molecule has 0 saturated heterocycles. The smallest absolute Gasteiger partial charge is 0.0290 e. The highest BCUT2D eigenvalue weighted by atomic mass is 15.1. The molecule has 0 bridgehead atoms. The summed E-state index contributed by atoms with van der Waals surface area (Å²) in [6, 6.07) is 0.100. The SMILES string of the molecule is CCN(CC)CCCNCC(N)CN. The van der Waals surface area contributed by atoms with E-state index in [1.165, 1.54) is 6.42 Å². The number of hydrogen-bond donors (Lipinski definition) is 3. The van der Waals surface area contributed by atoms with Crippen LogP contribution in [0.5, 0.6) is 0 Å². The standard InChI is InChI=1S/C10H26N4/c1-3-14(4-2)7-5-6-13-9-10(12)8-11/h10,13H,3-9,11-12H2,1-2H3. The minimum Gasteiger partial charge on any atom is -0.329 e. The predicted molar refractivity (Wildman–Crippen MR) is 62.3 cm³/mol. The largest absolute Gasteiger partial charge is 0.329 e. The summed E-state index contributed by atoms with van der Waals surface area (Å²) in [5, 5.41) is 3.31. The van der Waals surface area contributed by atoms with E-state index >= 15 is 0 Å². The van der Waals surface area contributed by atoms with Gasteiger partial charge in [-0.15, -0.1) is 0 Å². The predicted octanol–water partition coefficient (Wildman–Crippen LogP) is -0.406. The van der Waals surface area contributed by atoms with Crippen LogP contribution in [0.3, 0.4) is 0 Å². The van der Waals surface area contributed by atoms with E-state index in [0.29, 0.717) is 6.54 Å². The summed E-state index contributed by atoms with van der Waals surface area (Å²) >= 11 is 0. The van der Waals surface area contributed by atoms with Crippen molar-refractivity contribution in [1.82, 2.24) is 10.2 Å². The molecule has 14 heavy (non-hydrogen) atoms. The third kappa shape index (κ3) is 7.26. The van der Waals surface area contributed by atoms with Crippen molar-refractivity contribution in [2.45, 2.75) is 26.3 Å². The van der Waals surface area contributed by atoms with Crippen LogP contribution < -0.4 is 16.8 Å². The zero-order valence-electron chi connectivity index (χ0n) is 9.63. The fourth-order valence-corrected chi connectivity index (χ4v) is 1.34. The van der Waals surface area contributed by atoms with Gasteiger partial charge in [0.05, 0.1) is 0 Å². The van der Waals surface area contributed by atoms with Crippen molar-refractivity contribution in [3.63, 3.8) is 0 Å². The van der Waals surface area contributed by atoms with Crippen LogP contribution >= 0.6 is 0 Å². The first-order valence-electron chi connectivity index (χ1n) is 5.63. The first-order chi connectivity index (χ1) is 6.74. The highest BCUT2D eigenvalue weighted by molar-refractivity contribution is 4.65. The Balaban J connectivity index is 3.20. The third-order valence-corrected chi connectivity index (χ3v) is 2.43. The van der Waals surface area contributed by atoms with Crippen LogP contribution in [0.1, 0.15) is 20.3 Å². The zero-order chi connectivity index (χ0) is 10.8. The molecule has 0 aliphatic carbocycles. The Morgan fingerprint density at radius 1 is 1.29 bits per heavy atom. The highest BCUT2D eigenvalue weighted by Gasteiger charge is 1.99. The molecule has 0 aromatic rings. The Bertz CT molecular complexity index is 115. The maximum absolute atomic E-state index is 5.67. The van der Waals surface area contributed by atoms with Gasteiger partial charge in [0.25, 0.3) is 0 Å².